The van der Waals surface area contributed by atoms with Gasteiger partial charge in [0.1, 0.15) is 0 Å². The number of halogens is 3. The number of amides is 4. The van der Waals surface area contributed by atoms with E-state index in [1.54, 1.807) is 6.08 Å². The number of likely N-dealkylation sites (tertiary alicyclic amines) is 1. The Morgan fingerprint density at radius 2 is 1.60 bits per heavy atom. The molecule has 252 valence electrons. The van der Waals surface area contributed by atoms with Crippen molar-refractivity contribution in [1.29, 1.82) is 0 Å². The lowest BCUT2D eigenvalue weighted by atomic mass is 9.56. The number of hydrogen-bond acceptors (Lipinski definition) is 11. The molecule has 2 aromatic carbocycles. The highest BCUT2D eigenvalue weighted by Gasteiger charge is 2.76. The Labute approximate surface area is 290 Å². The standard InChI is InChI=1S/C30H26BrCl2N5O10/c1-34(2)23-18(37(44)45)9-13(10-19(23)38(46)47)36-25(40)15-6-5-14-17(21(15)26(36)41)11-29(32)27(42)35(3)28(43)30(29,33)22(14)16-7-12(31)8-20(48-4)24(16)39/h5,7-10,15,17,21-22,39H,6,11H2,1-4H3/t15-,17+,21-,22+,29+,30-/m0/s1. The second-order valence-corrected chi connectivity index (χ2v) is 14.5. The zero-order chi connectivity index (χ0) is 35.4. The Morgan fingerprint density at radius 1 is 1.00 bits per heavy atom. The zero-order valence-electron chi connectivity index (χ0n) is 25.6. The van der Waals surface area contributed by atoms with Crippen LogP contribution >= 0.6 is 39.1 Å². The number of methoxy groups -OCH3 is 1. The third kappa shape index (κ3) is 4.31. The molecule has 1 saturated carbocycles. The second-order valence-electron chi connectivity index (χ2n) is 12.3. The van der Waals surface area contributed by atoms with E-state index in [4.69, 9.17) is 27.9 Å². The number of rotatable bonds is 6. The van der Waals surface area contributed by atoms with Gasteiger partial charge in [0.05, 0.1) is 34.5 Å². The minimum absolute atomic E-state index is 0.0176. The summed E-state index contributed by atoms with van der Waals surface area (Å²) in [5, 5.41) is 35.4. The molecule has 0 aromatic heterocycles. The third-order valence-electron chi connectivity index (χ3n) is 9.77. The van der Waals surface area contributed by atoms with E-state index >= 15 is 0 Å². The van der Waals surface area contributed by atoms with Crippen LogP contribution in [-0.2, 0) is 19.2 Å². The molecule has 2 aliphatic heterocycles. The molecule has 0 bridgehead atoms. The lowest BCUT2D eigenvalue weighted by Gasteiger charge is -2.50. The first-order valence-electron chi connectivity index (χ1n) is 14.4. The van der Waals surface area contributed by atoms with Gasteiger partial charge in [-0.2, -0.15) is 0 Å². The fourth-order valence-corrected chi connectivity index (χ4v) is 9.24. The summed E-state index contributed by atoms with van der Waals surface area (Å²) in [4.78, 5) is 76.5. The number of carbonyl (C=O) groups is 4. The number of phenols is 1. The number of benzene rings is 2. The van der Waals surface area contributed by atoms with Gasteiger partial charge in [-0.1, -0.05) is 27.6 Å². The second kappa shape index (κ2) is 11.1. The monoisotopic (exact) mass is 765 g/mol. The highest BCUT2D eigenvalue weighted by atomic mass is 79.9. The summed E-state index contributed by atoms with van der Waals surface area (Å²) in [5.41, 5.74) is -1.64. The Bertz CT molecular complexity index is 1890. The Balaban J connectivity index is 1.54. The van der Waals surface area contributed by atoms with Crippen LogP contribution in [0.15, 0.2) is 40.4 Å². The maximum Gasteiger partial charge on any atom is 0.301 e. The number of carbonyl (C=O) groups excluding carboxylic acids is 4. The molecular weight excluding hydrogens is 741 g/mol. The van der Waals surface area contributed by atoms with E-state index in [1.807, 2.05) is 0 Å². The van der Waals surface area contributed by atoms with Crippen LogP contribution in [-0.4, -0.2) is 81.5 Å². The van der Waals surface area contributed by atoms with Gasteiger partial charge in [0.15, 0.2) is 26.9 Å². The van der Waals surface area contributed by atoms with Gasteiger partial charge in [0.25, 0.3) is 11.8 Å². The van der Waals surface area contributed by atoms with Crippen LogP contribution in [0.1, 0.15) is 24.3 Å². The van der Waals surface area contributed by atoms with Crippen LogP contribution in [0.5, 0.6) is 11.5 Å². The largest absolute Gasteiger partial charge is 0.504 e. The van der Waals surface area contributed by atoms with Gasteiger partial charge in [-0.05, 0) is 30.9 Å². The number of allylic oxidation sites excluding steroid dienone is 2. The SMILES string of the molecule is COc1cc(Br)cc([C@H]2C3=CC[C@@H]4C(=O)N(c5cc([N+](=O)[O-])c(N(C)C)c([N+](=O)[O-])c5)C(=O)[C@@H]4[C@@H]3C[C@@]3(Cl)C(=O)N(C)C(=O)[C@@]23Cl)c1O. The molecule has 6 atom stereocenters. The Kier molecular flexibility index (Phi) is 7.80. The summed E-state index contributed by atoms with van der Waals surface area (Å²) in [6, 6.07) is 4.83. The number of alkyl halides is 2. The van der Waals surface area contributed by atoms with Gasteiger partial charge in [0, 0.05) is 49.2 Å². The van der Waals surface area contributed by atoms with Crippen molar-refractivity contribution < 1.29 is 38.9 Å². The van der Waals surface area contributed by atoms with Gasteiger partial charge < -0.3 is 14.7 Å². The number of ether oxygens (including phenoxy) is 1. The number of nitro benzene ring substituents is 2. The minimum Gasteiger partial charge on any atom is -0.504 e. The molecule has 2 heterocycles. The summed E-state index contributed by atoms with van der Waals surface area (Å²) >= 11 is 17.7. The third-order valence-corrected chi connectivity index (χ3v) is 11.6. The average Bonchev–Trinajstić information content (AvgIpc) is 3.36. The quantitative estimate of drug-likeness (QED) is 0.145. The van der Waals surface area contributed by atoms with E-state index in [0.717, 1.165) is 17.0 Å². The number of nitro groups is 2. The van der Waals surface area contributed by atoms with Crippen LogP contribution in [0.4, 0.5) is 22.7 Å². The summed E-state index contributed by atoms with van der Waals surface area (Å²) < 4.78 is 5.76. The maximum absolute atomic E-state index is 14.4. The smallest absolute Gasteiger partial charge is 0.301 e. The van der Waals surface area contributed by atoms with E-state index in [2.05, 4.69) is 15.9 Å². The highest BCUT2D eigenvalue weighted by Crippen LogP contribution is 2.66. The predicted molar refractivity (Wildman–Crippen MR) is 174 cm³/mol. The van der Waals surface area contributed by atoms with Crippen molar-refractivity contribution in [3.63, 3.8) is 0 Å². The molecule has 6 rings (SSSR count). The van der Waals surface area contributed by atoms with E-state index < -0.39 is 78.3 Å². The van der Waals surface area contributed by atoms with E-state index in [0.29, 0.717) is 14.9 Å². The first-order valence-corrected chi connectivity index (χ1v) is 16.0. The summed E-state index contributed by atoms with van der Waals surface area (Å²) in [7, 11) is 5.30. The number of aromatic hydroxyl groups is 1. The number of nitrogens with zero attached hydrogens (tertiary/aromatic N) is 5. The van der Waals surface area contributed by atoms with Crippen molar-refractivity contribution >= 4 is 85.5 Å². The van der Waals surface area contributed by atoms with Gasteiger partial charge in [-0.25, -0.2) is 4.90 Å². The predicted octanol–water partition coefficient (Wildman–Crippen LogP) is 4.24. The summed E-state index contributed by atoms with van der Waals surface area (Å²) in [5.74, 6) is -8.15. The lowest BCUT2D eigenvalue weighted by Crippen LogP contribution is -2.60. The van der Waals surface area contributed by atoms with Gasteiger partial charge in [0.2, 0.25) is 11.8 Å². The number of hydrogen-bond donors (Lipinski definition) is 1. The van der Waals surface area contributed by atoms with E-state index in [9.17, 15) is 44.5 Å². The molecule has 18 heteroatoms. The van der Waals surface area contributed by atoms with Crippen LogP contribution in [0.3, 0.4) is 0 Å². The van der Waals surface area contributed by atoms with Gasteiger partial charge >= 0.3 is 11.4 Å². The van der Waals surface area contributed by atoms with Crippen molar-refractivity contribution in [3.05, 3.63) is 66.2 Å². The normalized spacial score (nSPS) is 29.4. The first kappa shape index (κ1) is 33.6. The van der Waals surface area contributed by atoms with Crippen molar-refractivity contribution in [2.75, 3.05) is 38.1 Å². The van der Waals surface area contributed by atoms with E-state index in [-0.39, 0.29) is 41.3 Å². The molecule has 0 unspecified atom stereocenters. The van der Waals surface area contributed by atoms with Crippen molar-refractivity contribution in [2.45, 2.75) is 28.5 Å². The minimum atomic E-state index is -2.17. The van der Waals surface area contributed by atoms with Crippen LogP contribution in [0.2, 0.25) is 0 Å². The summed E-state index contributed by atoms with van der Waals surface area (Å²) in [6.45, 7) is 0. The fourth-order valence-electron chi connectivity index (χ4n) is 7.77. The first-order chi connectivity index (χ1) is 22.4. The van der Waals surface area contributed by atoms with Crippen LogP contribution in [0.25, 0.3) is 0 Å². The Morgan fingerprint density at radius 3 is 2.15 bits per heavy atom. The number of imide groups is 2. The Hall–Kier alpha value is -4.28. The molecule has 0 spiro atoms. The van der Waals surface area contributed by atoms with E-state index in [1.165, 1.54) is 45.3 Å². The molecule has 2 saturated heterocycles. The maximum atomic E-state index is 14.4. The van der Waals surface area contributed by atoms with Gasteiger partial charge in [-0.3, -0.25) is 44.3 Å². The molecule has 4 aliphatic rings. The van der Waals surface area contributed by atoms with Crippen molar-refractivity contribution in [2.24, 2.45) is 17.8 Å². The fraction of sp³-hybridized carbons (Fsp3) is 0.400. The summed E-state index contributed by atoms with van der Waals surface area (Å²) in [6.07, 6.45) is 1.23. The van der Waals surface area contributed by atoms with Crippen LogP contribution in [0, 0.1) is 38.0 Å². The van der Waals surface area contributed by atoms with Crippen molar-refractivity contribution in [3.8, 4) is 11.5 Å². The topological polar surface area (TPSA) is 194 Å². The molecular formula is C30H26BrCl2N5O10. The number of phenolic OH excluding ortho intramolecular Hbond substituents is 1. The molecule has 2 aromatic rings. The lowest BCUT2D eigenvalue weighted by molar-refractivity contribution is -0.392. The molecule has 4 amide bonds. The van der Waals surface area contributed by atoms with Crippen molar-refractivity contribution in [1.82, 2.24) is 4.90 Å². The number of anilines is 2. The molecule has 2 aliphatic carbocycles. The average molecular weight is 767 g/mol. The van der Waals surface area contributed by atoms with Gasteiger partial charge in [-0.15, -0.1) is 23.2 Å². The molecule has 48 heavy (non-hydrogen) atoms. The molecule has 1 N–H and O–H groups in total. The number of fused-ring (bicyclic) bond motifs is 4. The van der Waals surface area contributed by atoms with Crippen LogP contribution < -0.4 is 14.5 Å². The molecule has 0 radical (unpaired) electrons. The zero-order valence-corrected chi connectivity index (χ0v) is 28.7. The molecule has 15 nitrogen and oxygen atoms in total. The highest BCUT2D eigenvalue weighted by molar-refractivity contribution is 9.10. The molecule has 3 fully saturated rings.